The smallest absolute Gasteiger partial charge is 0.212 e. The molecule has 0 heterocycles. The summed E-state index contributed by atoms with van der Waals surface area (Å²) in [5, 5.41) is 0. The van der Waals surface area contributed by atoms with Crippen LogP contribution in [0.15, 0.2) is 30.3 Å². The molecule has 1 aromatic carbocycles. The third-order valence-electron chi connectivity index (χ3n) is 3.46. The van der Waals surface area contributed by atoms with Gasteiger partial charge in [0.05, 0.1) is 5.75 Å². The van der Waals surface area contributed by atoms with Gasteiger partial charge in [0.15, 0.2) is 0 Å². The van der Waals surface area contributed by atoms with E-state index in [0.717, 1.165) is 24.8 Å². The molecule has 1 saturated carbocycles. The van der Waals surface area contributed by atoms with Crippen molar-refractivity contribution in [2.45, 2.75) is 48.7 Å². The van der Waals surface area contributed by atoms with Crippen molar-refractivity contribution < 1.29 is 8.42 Å². The first-order valence-corrected chi connectivity index (χ1v) is 9.32. The van der Waals surface area contributed by atoms with Gasteiger partial charge >= 0.3 is 0 Å². The molecule has 1 aliphatic carbocycles. The summed E-state index contributed by atoms with van der Waals surface area (Å²) in [7, 11) is -3.26. The summed E-state index contributed by atoms with van der Waals surface area (Å²) in [5.74, 6) is 0.0596. The highest BCUT2D eigenvalue weighted by Crippen LogP contribution is 2.24. The monoisotopic (exact) mass is 345 g/mol. The van der Waals surface area contributed by atoms with Crippen molar-refractivity contribution in [2.75, 3.05) is 0 Å². The van der Waals surface area contributed by atoms with Crippen molar-refractivity contribution in [1.82, 2.24) is 4.72 Å². The van der Waals surface area contributed by atoms with Crippen LogP contribution in [0.3, 0.4) is 0 Å². The van der Waals surface area contributed by atoms with Crippen LogP contribution in [0.2, 0.25) is 0 Å². The molecule has 2 rings (SSSR count). The topological polar surface area (TPSA) is 46.2 Å². The number of halogens is 1. The van der Waals surface area contributed by atoms with Gasteiger partial charge in [-0.1, -0.05) is 65.5 Å². The Kier molecular flexibility index (Phi) is 5.42. The van der Waals surface area contributed by atoms with Gasteiger partial charge in [-0.3, -0.25) is 0 Å². The molecule has 1 fully saturated rings. The molecule has 0 aromatic heterocycles. The Bertz CT molecular complexity index is 489. The van der Waals surface area contributed by atoms with Gasteiger partial charge in [-0.05, 0) is 18.4 Å². The predicted molar refractivity (Wildman–Crippen MR) is 81.8 cm³/mol. The van der Waals surface area contributed by atoms with E-state index in [4.69, 9.17) is 0 Å². The van der Waals surface area contributed by atoms with Crippen LogP contribution in [0.5, 0.6) is 0 Å². The molecular weight excluding hydrogens is 326 g/mol. The van der Waals surface area contributed by atoms with Crippen molar-refractivity contribution in [1.29, 1.82) is 0 Å². The Balaban J connectivity index is 2.00. The molecular formula is C14H20BrNO2S. The number of benzene rings is 1. The van der Waals surface area contributed by atoms with E-state index in [1.807, 2.05) is 30.3 Å². The van der Waals surface area contributed by atoms with Gasteiger partial charge in [-0.15, -0.1) is 0 Å². The zero-order chi connectivity index (χ0) is 13.7. The normalized spacial score (nSPS) is 24.9. The van der Waals surface area contributed by atoms with E-state index >= 15 is 0 Å². The summed E-state index contributed by atoms with van der Waals surface area (Å²) in [6.07, 6.45) is 5.43. The molecule has 0 bridgehead atoms. The fourth-order valence-electron chi connectivity index (χ4n) is 2.46. The van der Waals surface area contributed by atoms with E-state index in [2.05, 4.69) is 20.7 Å². The van der Waals surface area contributed by atoms with E-state index < -0.39 is 10.0 Å². The highest BCUT2D eigenvalue weighted by atomic mass is 79.9. The SMILES string of the molecule is O=S(=O)(Cc1ccccc1)NC1CCCCCC1Br. The van der Waals surface area contributed by atoms with Crippen molar-refractivity contribution in [3.05, 3.63) is 35.9 Å². The van der Waals surface area contributed by atoms with Crippen molar-refractivity contribution in [3.63, 3.8) is 0 Å². The standard InChI is InChI=1S/C14H20BrNO2S/c15-13-9-5-2-6-10-14(13)16-19(17,18)11-12-7-3-1-4-8-12/h1,3-4,7-8,13-14,16H,2,5-6,9-11H2. The van der Waals surface area contributed by atoms with Gasteiger partial charge in [0, 0.05) is 10.9 Å². The first-order valence-electron chi connectivity index (χ1n) is 6.75. The lowest BCUT2D eigenvalue weighted by atomic mass is 10.1. The molecule has 3 nitrogen and oxygen atoms in total. The maximum Gasteiger partial charge on any atom is 0.216 e. The highest BCUT2D eigenvalue weighted by Gasteiger charge is 2.25. The molecule has 0 radical (unpaired) electrons. The average Bonchev–Trinajstić information content (AvgIpc) is 2.55. The third-order valence-corrected chi connectivity index (χ3v) is 5.93. The molecule has 2 unspecified atom stereocenters. The minimum absolute atomic E-state index is 0.0243. The zero-order valence-electron chi connectivity index (χ0n) is 10.9. The first kappa shape index (κ1) is 15.0. The molecule has 0 aliphatic heterocycles. The second-order valence-corrected chi connectivity index (χ2v) is 8.05. The highest BCUT2D eigenvalue weighted by molar-refractivity contribution is 9.09. The van der Waals surface area contributed by atoms with Crippen LogP contribution in [0, 0.1) is 0 Å². The largest absolute Gasteiger partial charge is 0.216 e. The minimum atomic E-state index is -3.26. The summed E-state index contributed by atoms with van der Waals surface area (Å²) in [6, 6.07) is 9.34. The van der Waals surface area contributed by atoms with Gasteiger partial charge in [-0.25, -0.2) is 13.1 Å². The summed E-state index contributed by atoms with van der Waals surface area (Å²) >= 11 is 3.62. The lowest BCUT2D eigenvalue weighted by molar-refractivity contribution is 0.520. The molecule has 1 aromatic rings. The average molecular weight is 346 g/mol. The predicted octanol–water partition coefficient (Wildman–Crippen LogP) is 3.20. The Morgan fingerprint density at radius 1 is 1.11 bits per heavy atom. The lowest BCUT2D eigenvalue weighted by Gasteiger charge is -2.21. The lowest BCUT2D eigenvalue weighted by Crippen LogP contribution is -2.40. The number of hydrogen-bond acceptors (Lipinski definition) is 2. The number of sulfonamides is 1. The molecule has 1 N–H and O–H groups in total. The minimum Gasteiger partial charge on any atom is -0.212 e. The number of nitrogens with one attached hydrogen (secondary N) is 1. The van der Waals surface area contributed by atoms with E-state index in [9.17, 15) is 8.42 Å². The van der Waals surface area contributed by atoms with Crippen molar-refractivity contribution >= 4 is 26.0 Å². The molecule has 2 atom stereocenters. The fraction of sp³-hybridized carbons (Fsp3) is 0.571. The molecule has 0 saturated heterocycles. The van der Waals surface area contributed by atoms with Crippen LogP contribution in [0.4, 0.5) is 0 Å². The van der Waals surface area contributed by atoms with E-state index in [0.29, 0.717) is 0 Å². The maximum absolute atomic E-state index is 12.2. The Morgan fingerprint density at radius 3 is 2.53 bits per heavy atom. The molecule has 106 valence electrons. The second-order valence-electron chi connectivity index (χ2n) is 5.12. The number of hydrogen-bond donors (Lipinski definition) is 1. The van der Waals surface area contributed by atoms with Crippen molar-refractivity contribution in [2.24, 2.45) is 0 Å². The van der Waals surface area contributed by atoms with Gasteiger partial charge in [0.1, 0.15) is 0 Å². The first-order chi connectivity index (χ1) is 9.07. The number of alkyl halides is 1. The molecule has 1 aliphatic rings. The van der Waals surface area contributed by atoms with Gasteiger partial charge < -0.3 is 0 Å². The maximum atomic E-state index is 12.2. The van der Waals surface area contributed by atoms with Crippen LogP contribution in [-0.4, -0.2) is 19.3 Å². The fourth-order valence-corrected chi connectivity index (χ4v) is 4.81. The quantitative estimate of drug-likeness (QED) is 0.672. The molecule has 5 heteroatoms. The Hall–Kier alpha value is -0.390. The van der Waals surface area contributed by atoms with Gasteiger partial charge in [-0.2, -0.15) is 0 Å². The van der Waals surface area contributed by atoms with Crippen molar-refractivity contribution in [3.8, 4) is 0 Å². The Labute approximate surface area is 124 Å². The second kappa shape index (κ2) is 6.86. The van der Waals surface area contributed by atoms with Gasteiger partial charge in [0.25, 0.3) is 0 Å². The summed E-state index contributed by atoms with van der Waals surface area (Å²) < 4.78 is 27.2. The van der Waals surface area contributed by atoms with Crippen LogP contribution in [0.1, 0.15) is 37.7 Å². The molecule has 0 amide bonds. The summed E-state index contributed by atoms with van der Waals surface area (Å²) in [5.41, 5.74) is 0.828. The van der Waals surface area contributed by atoms with E-state index in [1.165, 1.54) is 12.8 Å². The molecule has 0 spiro atoms. The van der Waals surface area contributed by atoms with Crippen LogP contribution in [-0.2, 0) is 15.8 Å². The van der Waals surface area contributed by atoms with Crippen LogP contribution in [0.25, 0.3) is 0 Å². The molecule has 19 heavy (non-hydrogen) atoms. The van der Waals surface area contributed by atoms with E-state index in [-0.39, 0.29) is 16.6 Å². The Morgan fingerprint density at radius 2 is 1.79 bits per heavy atom. The van der Waals surface area contributed by atoms with E-state index in [1.54, 1.807) is 0 Å². The van der Waals surface area contributed by atoms with Crippen LogP contribution >= 0.6 is 15.9 Å². The van der Waals surface area contributed by atoms with Gasteiger partial charge in [0.2, 0.25) is 10.0 Å². The summed E-state index contributed by atoms with van der Waals surface area (Å²) in [4.78, 5) is 0.251. The summed E-state index contributed by atoms with van der Waals surface area (Å²) in [6.45, 7) is 0. The van der Waals surface area contributed by atoms with Crippen LogP contribution < -0.4 is 4.72 Å². The third kappa shape index (κ3) is 4.89. The number of rotatable bonds is 4. The zero-order valence-corrected chi connectivity index (χ0v) is 13.3.